The van der Waals surface area contributed by atoms with E-state index in [4.69, 9.17) is 5.11 Å². The second-order valence-corrected chi connectivity index (χ2v) is 4.25. The summed E-state index contributed by atoms with van der Waals surface area (Å²) in [5.74, 6) is -1.43. The molecule has 2 rings (SSSR count). The lowest BCUT2D eigenvalue weighted by Gasteiger charge is -2.02. The number of carboxylic acids is 1. The first-order valence-electron chi connectivity index (χ1n) is 5.58. The lowest BCUT2D eigenvalue weighted by molar-refractivity contribution is -0.135. The number of aromatic amines is 1. The summed E-state index contributed by atoms with van der Waals surface area (Å²) in [6, 6.07) is 5.78. The Hall–Kier alpha value is -2.30. The maximum absolute atomic E-state index is 12.0. The molecule has 1 aromatic carbocycles. The molecular weight excluding hydrogens is 232 g/mol. The van der Waals surface area contributed by atoms with Crippen molar-refractivity contribution in [1.82, 2.24) is 10.3 Å². The topological polar surface area (TPSA) is 82.2 Å². The number of H-pyrrole nitrogens is 1. The number of hydrogen-bond acceptors (Lipinski definition) is 2. The molecule has 0 bridgehead atoms. The Kier molecular flexibility index (Phi) is 3.06. The third kappa shape index (κ3) is 2.20. The zero-order valence-electron chi connectivity index (χ0n) is 10.2. The number of aryl methyl sites for hydroxylation is 2. The number of rotatable bonds is 3. The standard InChI is InChI=1S/C13H14N2O3/c1-7-3-4-10-9(5-7)12(8(2)15-10)13(18)14-6-11(16)17/h3-5,15H,6H2,1-2H3,(H,14,18)(H,16,17). The molecule has 1 heterocycles. The van der Waals surface area contributed by atoms with Crippen LogP contribution in [0.5, 0.6) is 0 Å². The van der Waals surface area contributed by atoms with Crippen LogP contribution >= 0.6 is 0 Å². The first kappa shape index (κ1) is 12.2. The van der Waals surface area contributed by atoms with E-state index in [9.17, 15) is 9.59 Å². The van der Waals surface area contributed by atoms with Crippen LogP contribution in [0.3, 0.4) is 0 Å². The summed E-state index contributed by atoms with van der Waals surface area (Å²) < 4.78 is 0. The lowest BCUT2D eigenvalue weighted by Crippen LogP contribution is -2.29. The maximum atomic E-state index is 12.0. The van der Waals surface area contributed by atoms with Gasteiger partial charge in [0.05, 0.1) is 5.56 Å². The van der Waals surface area contributed by atoms with Crippen molar-refractivity contribution < 1.29 is 14.7 Å². The Balaban J connectivity index is 2.43. The molecule has 1 amide bonds. The van der Waals surface area contributed by atoms with Gasteiger partial charge in [-0.1, -0.05) is 11.6 Å². The minimum atomic E-state index is -1.06. The number of aliphatic carboxylic acids is 1. The molecule has 5 nitrogen and oxygen atoms in total. The molecule has 2 aromatic rings. The van der Waals surface area contributed by atoms with Gasteiger partial charge < -0.3 is 15.4 Å². The molecule has 0 atom stereocenters. The van der Waals surface area contributed by atoms with Gasteiger partial charge >= 0.3 is 5.97 Å². The van der Waals surface area contributed by atoms with Gasteiger partial charge in [0.1, 0.15) is 6.54 Å². The minimum Gasteiger partial charge on any atom is -0.480 e. The van der Waals surface area contributed by atoms with Gasteiger partial charge in [0, 0.05) is 16.6 Å². The molecule has 0 saturated heterocycles. The molecule has 94 valence electrons. The highest BCUT2D eigenvalue weighted by Gasteiger charge is 2.16. The lowest BCUT2D eigenvalue weighted by atomic mass is 10.1. The summed E-state index contributed by atoms with van der Waals surface area (Å²) >= 11 is 0. The van der Waals surface area contributed by atoms with E-state index < -0.39 is 5.97 Å². The van der Waals surface area contributed by atoms with Gasteiger partial charge in [0.25, 0.3) is 5.91 Å². The summed E-state index contributed by atoms with van der Waals surface area (Å²) in [5.41, 5.74) is 3.17. The molecule has 5 heteroatoms. The Morgan fingerprint density at radius 2 is 2.06 bits per heavy atom. The number of carbonyl (C=O) groups excluding carboxylic acids is 1. The molecule has 0 aliphatic rings. The average molecular weight is 246 g/mol. The zero-order chi connectivity index (χ0) is 13.3. The summed E-state index contributed by atoms with van der Waals surface area (Å²) in [4.78, 5) is 25.5. The van der Waals surface area contributed by atoms with Gasteiger partial charge in [0.2, 0.25) is 0 Å². The van der Waals surface area contributed by atoms with Crippen LogP contribution in [0, 0.1) is 13.8 Å². The fraction of sp³-hybridized carbons (Fsp3) is 0.231. The van der Waals surface area contributed by atoms with Crippen molar-refractivity contribution in [2.24, 2.45) is 0 Å². The van der Waals surface area contributed by atoms with E-state index >= 15 is 0 Å². The van der Waals surface area contributed by atoms with Crippen LogP contribution in [0.25, 0.3) is 10.9 Å². The molecule has 0 spiro atoms. The monoisotopic (exact) mass is 246 g/mol. The smallest absolute Gasteiger partial charge is 0.322 e. The molecule has 0 radical (unpaired) electrons. The number of benzene rings is 1. The van der Waals surface area contributed by atoms with Crippen molar-refractivity contribution in [2.45, 2.75) is 13.8 Å². The summed E-state index contributed by atoms with van der Waals surface area (Å²) in [6.07, 6.45) is 0. The molecular formula is C13H14N2O3. The number of aromatic nitrogens is 1. The second kappa shape index (κ2) is 4.52. The molecule has 3 N–H and O–H groups in total. The number of fused-ring (bicyclic) bond motifs is 1. The van der Waals surface area contributed by atoms with Crippen LogP contribution < -0.4 is 5.32 Å². The van der Waals surface area contributed by atoms with Gasteiger partial charge in [0.15, 0.2) is 0 Å². The summed E-state index contributed by atoms with van der Waals surface area (Å²) in [7, 11) is 0. The minimum absolute atomic E-state index is 0.369. The van der Waals surface area contributed by atoms with Crippen molar-refractivity contribution in [3.63, 3.8) is 0 Å². The molecule has 18 heavy (non-hydrogen) atoms. The quantitative estimate of drug-likeness (QED) is 0.769. The van der Waals surface area contributed by atoms with E-state index in [1.165, 1.54) is 0 Å². The Morgan fingerprint density at radius 1 is 1.33 bits per heavy atom. The van der Waals surface area contributed by atoms with Gasteiger partial charge in [-0.05, 0) is 26.0 Å². The second-order valence-electron chi connectivity index (χ2n) is 4.25. The molecule has 0 fully saturated rings. The Labute approximate surface area is 104 Å². The predicted octanol–water partition coefficient (Wildman–Crippen LogP) is 1.60. The molecule has 0 saturated carbocycles. The highest BCUT2D eigenvalue weighted by molar-refractivity contribution is 6.08. The number of amides is 1. The van der Waals surface area contributed by atoms with Crippen molar-refractivity contribution in [2.75, 3.05) is 6.54 Å². The summed E-state index contributed by atoms with van der Waals surface area (Å²) in [5, 5.41) is 11.8. The van der Waals surface area contributed by atoms with E-state index in [0.717, 1.165) is 22.2 Å². The first-order chi connectivity index (χ1) is 8.49. The van der Waals surface area contributed by atoms with Gasteiger partial charge in [-0.3, -0.25) is 9.59 Å². The maximum Gasteiger partial charge on any atom is 0.322 e. The number of hydrogen-bond donors (Lipinski definition) is 3. The van der Waals surface area contributed by atoms with E-state index in [-0.39, 0.29) is 12.5 Å². The first-order valence-corrected chi connectivity index (χ1v) is 5.58. The van der Waals surface area contributed by atoms with Crippen molar-refractivity contribution >= 4 is 22.8 Å². The third-order valence-corrected chi connectivity index (χ3v) is 2.77. The van der Waals surface area contributed by atoms with Gasteiger partial charge in [-0.15, -0.1) is 0 Å². The largest absolute Gasteiger partial charge is 0.480 e. The van der Waals surface area contributed by atoms with E-state index in [2.05, 4.69) is 10.3 Å². The normalized spacial score (nSPS) is 10.6. The van der Waals surface area contributed by atoms with Gasteiger partial charge in [-0.25, -0.2) is 0 Å². The highest BCUT2D eigenvalue weighted by Crippen LogP contribution is 2.23. The predicted molar refractivity (Wildman–Crippen MR) is 67.7 cm³/mol. The van der Waals surface area contributed by atoms with Gasteiger partial charge in [-0.2, -0.15) is 0 Å². The van der Waals surface area contributed by atoms with Crippen LogP contribution in [0.2, 0.25) is 0 Å². The third-order valence-electron chi connectivity index (χ3n) is 2.77. The molecule has 1 aromatic heterocycles. The van der Waals surface area contributed by atoms with E-state index in [0.29, 0.717) is 5.56 Å². The fourth-order valence-corrected chi connectivity index (χ4v) is 1.98. The molecule has 0 unspecified atom stereocenters. The van der Waals surface area contributed by atoms with Crippen LogP contribution in [0.1, 0.15) is 21.6 Å². The van der Waals surface area contributed by atoms with Crippen molar-refractivity contribution in [3.8, 4) is 0 Å². The Morgan fingerprint density at radius 3 is 2.72 bits per heavy atom. The highest BCUT2D eigenvalue weighted by atomic mass is 16.4. The van der Waals surface area contributed by atoms with E-state index in [1.54, 1.807) is 6.92 Å². The van der Waals surface area contributed by atoms with Crippen LogP contribution in [0.15, 0.2) is 18.2 Å². The fourth-order valence-electron chi connectivity index (χ4n) is 1.98. The number of nitrogens with one attached hydrogen (secondary N) is 2. The SMILES string of the molecule is Cc1ccc2[nH]c(C)c(C(=O)NCC(=O)O)c2c1. The van der Waals surface area contributed by atoms with Crippen molar-refractivity contribution in [1.29, 1.82) is 0 Å². The Bertz CT molecular complexity index is 628. The van der Waals surface area contributed by atoms with Crippen LogP contribution in [-0.2, 0) is 4.79 Å². The zero-order valence-corrected chi connectivity index (χ0v) is 10.2. The van der Waals surface area contributed by atoms with Crippen molar-refractivity contribution in [3.05, 3.63) is 35.0 Å². The molecule has 0 aliphatic carbocycles. The molecule has 0 aliphatic heterocycles. The number of carboxylic acid groups (broad SMARTS) is 1. The van der Waals surface area contributed by atoms with Crippen LogP contribution in [0.4, 0.5) is 0 Å². The average Bonchev–Trinajstić information content (AvgIpc) is 2.61. The summed E-state index contributed by atoms with van der Waals surface area (Å²) in [6.45, 7) is 3.36. The van der Waals surface area contributed by atoms with E-state index in [1.807, 2.05) is 25.1 Å². The number of carbonyl (C=O) groups is 2. The van der Waals surface area contributed by atoms with Crippen LogP contribution in [-0.4, -0.2) is 28.5 Å².